The summed E-state index contributed by atoms with van der Waals surface area (Å²) in [6.45, 7) is 0. The zero-order valence-corrected chi connectivity index (χ0v) is 11.9. The summed E-state index contributed by atoms with van der Waals surface area (Å²) < 4.78 is 42.4. The van der Waals surface area contributed by atoms with Crippen molar-refractivity contribution in [1.29, 1.82) is 0 Å². The van der Waals surface area contributed by atoms with Gasteiger partial charge >= 0.3 is 12.3 Å². The minimum absolute atomic E-state index is 0.103. The maximum Gasteiger partial charge on any atom is 0.524 e. The fourth-order valence-electron chi connectivity index (χ4n) is 1.82. The van der Waals surface area contributed by atoms with E-state index >= 15 is 0 Å². The molecule has 0 spiro atoms. The summed E-state index contributed by atoms with van der Waals surface area (Å²) in [4.78, 5) is 9.39. The number of hydrogen-bond donors (Lipinski definition) is 1. The fraction of sp³-hybridized carbons (Fsp3) is 0.133. The van der Waals surface area contributed by atoms with E-state index in [-0.39, 0.29) is 5.56 Å². The van der Waals surface area contributed by atoms with Gasteiger partial charge in [0.05, 0.1) is 0 Å². The van der Waals surface area contributed by atoms with E-state index in [1.54, 1.807) is 24.3 Å². The normalized spacial score (nSPS) is 14.3. The molecule has 3 nitrogen and oxygen atoms in total. The van der Waals surface area contributed by atoms with Gasteiger partial charge in [0, 0.05) is 10.5 Å². The lowest BCUT2D eigenvalue weighted by atomic mass is 10.1. The van der Waals surface area contributed by atoms with Crippen molar-refractivity contribution >= 4 is 17.7 Å². The highest BCUT2D eigenvalue weighted by atomic mass is 32.2. The van der Waals surface area contributed by atoms with E-state index in [2.05, 4.69) is 4.74 Å². The summed E-state index contributed by atoms with van der Waals surface area (Å²) in [5, 5.41) is 9.46. The second-order valence-electron chi connectivity index (χ2n) is 4.25. The van der Waals surface area contributed by atoms with E-state index in [1.807, 2.05) is 0 Å². The number of carboxylic acids is 1. The van der Waals surface area contributed by atoms with Crippen molar-refractivity contribution in [2.75, 3.05) is 0 Å². The topological polar surface area (TPSA) is 46.5 Å². The molecule has 0 bridgehead atoms. The van der Waals surface area contributed by atoms with Crippen molar-refractivity contribution in [2.24, 2.45) is 0 Å². The first-order valence-electron chi connectivity index (χ1n) is 6.13. The molecule has 2 aromatic rings. The largest absolute Gasteiger partial charge is 0.524 e. The zero-order chi connectivity index (χ0) is 16.2. The van der Waals surface area contributed by atoms with Crippen LogP contribution in [0.4, 0.5) is 13.2 Å². The van der Waals surface area contributed by atoms with Crippen molar-refractivity contribution in [1.82, 2.24) is 0 Å². The van der Waals surface area contributed by atoms with Gasteiger partial charge in [-0.15, -0.1) is 13.2 Å². The molecule has 0 aliphatic rings. The van der Waals surface area contributed by atoms with Crippen molar-refractivity contribution in [3.63, 3.8) is 0 Å². The van der Waals surface area contributed by atoms with Crippen LogP contribution in [0.3, 0.4) is 0 Å². The number of carbonyl (C=O) groups is 1. The molecular weight excluding hydrogens is 317 g/mol. The van der Waals surface area contributed by atoms with Crippen LogP contribution >= 0.6 is 11.8 Å². The number of ether oxygens (including phenoxy) is 1. The molecule has 116 valence electrons. The number of benzene rings is 2. The molecule has 0 saturated carbocycles. The van der Waals surface area contributed by atoms with Crippen molar-refractivity contribution in [2.45, 2.75) is 16.2 Å². The van der Waals surface area contributed by atoms with Crippen LogP contribution in [-0.2, 0) is 14.5 Å². The number of carboxylic acid groups (broad SMARTS) is 1. The second-order valence-corrected chi connectivity index (χ2v) is 5.50. The van der Waals surface area contributed by atoms with Gasteiger partial charge in [0.1, 0.15) is 0 Å². The molecule has 1 atom stereocenters. The SMILES string of the molecule is O=C(O)C(OC(F)(F)F)(Sc1ccccc1)c1ccccc1. The van der Waals surface area contributed by atoms with E-state index in [4.69, 9.17) is 0 Å². The Morgan fingerprint density at radius 2 is 1.45 bits per heavy atom. The third-order valence-corrected chi connectivity index (χ3v) is 3.99. The summed E-state index contributed by atoms with van der Waals surface area (Å²) >= 11 is 0.482. The molecule has 0 heterocycles. The smallest absolute Gasteiger partial charge is 0.478 e. The van der Waals surface area contributed by atoms with Crippen LogP contribution in [0.2, 0.25) is 0 Å². The first-order chi connectivity index (χ1) is 10.3. The summed E-state index contributed by atoms with van der Waals surface area (Å²) in [5.74, 6) is -1.73. The van der Waals surface area contributed by atoms with E-state index in [1.165, 1.54) is 36.4 Å². The number of alkyl halides is 3. The van der Waals surface area contributed by atoms with Gasteiger partial charge in [0.2, 0.25) is 4.93 Å². The fourth-order valence-corrected chi connectivity index (χ4v) is 2.93. The molecule has 0 radical (unpaired) electrons. The van der Waals surface area contributed by atoms with Gasteiger partial charge < -0.3 is 5.11 Å². The van der Waals surface area contributed by atoms with Crippen molar-refractivity contribution in [3.05, 3.63) is 66.2 Å². The Morgan fingerprint density at radius 3 is 1.91 bits per heavy atom. The van der Waals surface area contributed by atoms with Gasteiger partial charge in [0.15, 0.2) is 0 Å². The Bertz CT molecular complexity index is 631. The maximum absolute atomic E-state index is 12.8. The Balaban J connectivity index is 2.53. The molecule has 0 aromatic heterocycles. The van der Waals surface area contributed by atoms with Crippen molar-refractivity contribution in [3.8, 4) is 0 Å². The Labute approximate surface area is 128 Å². The van der Waals surface area contributed by atoms with Gasteiger partial charge in [-0.3, -0.25) is 4.74 Å². The molecule has 2 aromatic carbocycles. The zero-order valence-electron chi connectivity index (χ0n) is 11.1. The van der Waals surface area contributed by atoms with Gasteiger partial charge in [-0.1, -0.05) is 60.3 Å². The van der Waals surface area contributed by atoms with Gasteiger partial charge in [-0.25, -0.2) is 4.79 Å². The average Bonchev–Trinajstić information content (AvgIpc) is 2.47. The molecule has 0 aliphatic heterocycles. The summed E-state index contributed by atoms with van der Waals surface area (Å²) in [6.07, 6.45) is -5.10. The van der Waals surface area contributed by atoms with Crippen LogP contribution in [0, 0.1) is 0 Å². The highest BCUT2D eigenvalue weighted by molar-refractivity contribution is 8.00. The molecule has 0 amide bonds. The molecule has 22 heavy (non-hydrogen) atoms. The summed E-state index contributed by atoms with van der Waals surface area (Å²) in [7, 11) is 0. The first kappa shape index (κ1) is 16.4. The number of aliphatic carboxylic acids is 1. The van der Waals surface area contributed by atoms with Crippen molar-refractivity contribution < 1.29 is 27.8 Å². The Kier molecular flexibility index (Phi) is 4.77. The van der Waals surface area contributed by atoms with Crippen LogP contribution in [0.15, 0.2) is 65.6 Å². The highest BCUT2D eigenvalue weighted by Gasteiger charge is 2.51. The minimum atomic E-state index is -5.10. The number of halogens is 3. The molecule has 1 N–H and O–H groups in total. The quantitative estimate of drug-likeness (QED) is 0.658. The summed E-state index contributed by atoms with van der Waals surface area (Å²) in [6, 6.07) is 15.0. The van der Waals surface area contributed by atoms with E-state index < -0.39 is 17.3 Å². The monoisotopic (exact) mass is 328 g/mol. The van der Waals surface area contributed by atoms with Crippen LogP contribution in [-0.4, -0.2) is 17.4 Å². The summed E-state index contributed by atoms with van der Waals surface area (Å²) in [5.41, 5.74) is -0.103. The van der Waals surface area contributed by atoms with Crippen LogP contribution in [0.1, 0.15) is 5.56 Å². The molecule has 1 unspecified atom stereocenters. The molecule has 0 aliphatic carbocycles. The second kappa shape index (κ2) is 6.41. The lowest BCUT2D eigenvalue weighted by Gasteiger charge is -2.30. The molecule has 0 saturated heterocycles. The van der Waals surface area contributed by atoms with Crippen LogP contribution < -0.4 is 0 Å². The minimum Gasteiger partial charge on any atom is -0.478 e. The van der Waals surface area contributed by atoms with E-state index in [9.17, 15) is 23.1 Å². The third kappa shape index (κ3) is 3.80. The third-order valence-electron chi connectivity index (χ3n) is 2.70. The van der Waals surface area contributed by atoms with Gasteiger partial charge in [-0.05, 0) is 12.1 Å². The van der Waals surface area contributed by atoms with Gasteiger partial charge in [-0.2, -0.15) is 0 Å². The Hall–Kier alpha value is -1.99. The molecule has 0 fully saturated rings. The van der Waals surface area contributed by atoms with Crippen LogP contribution in [0.5, 0.6) is 0 Å². The average molecular weight is 328 g/mol. The number of hydrogen-bond acceptors (Lipinski definition) is 3. The predicted octanol–water partition coefficient (Wildman–Crippen LogP) is 4.25. The lowest BCUT2D eigenvalue weighted by molar-refractivity contribution is -0.349. The Morgan fingerprint density at radius 1 is 0.955 bits per heavy atom. The number of thioether (sulfide) groups is 1. The first-order valence-corrected chi connectivity index (χ1v) is 6.95. The lowest BCUT2D eigenvalue weighted by Crippen LogP contribution is -2.40. The number of rotatable bonds is 5. The molecule has 2 rings (SSSR count). The van der Waals surface area contributed by atoms with E-state index in [0.717, 1.165) is 0 Å². The highest BCUT2D eigenvalue weighted by Crippen LogP contribution is 2.46. The standard InChI is InChI=1S/C15H11F3O3S/c16-15(17,18)21-14(13(19)20,11-7-3-1-4-8-11)22-12-9-5-2-6-10-12/h1-10H,(H,19,20). The maximum atomic E-state index is 12.8. The van der Waals surface area contributed by atoms with Crippen LogP contribution in [0.25, 0.3) is 0 Å². The molecular formula is C15H11F3O3S. The van der Waals surface area contributed by atoms with Gasteiger partial charge in [0.25, 0.3) is 0 Å². The predicted molar refractivity (Wildman–Crippen MR) is 75.2 cm³/mol. The molecule has 7 heteroatoms. The van der Waals surface area contributed by atoms with E-state index in [0.29, 0.717) is 16.7 Å².